The van der Waals surface area contributed by atoms with E-state index in [4.69, 9.17) is 27.7 Å². The van der Waals surface area contributed by atoms with E-state index in [1.807, 2.05) is 62.3 Å². The van der Waals surface area contributed by atoms with Crippen molar-refractivity contribution >= 4 is 42.3 Å². The summed E-state index contributed by atoms with van der Waals surface area (Å²) < 4.78 is 62.2. The number of hydrogen-bond acceptors (Lipinski definition) is 14. The van der Waals surface area contributed by atoms with Gasteiger partial charge in [-0.15, -0.1) is 0 Å². The summed E-state index contributed by atoms with van der Waals surface area (Å²) in [7, 11) is 5.39. The third kappa shape index (κ3) is 20.1. The molecule has 16 heteroatoms. The zero-order chi connectivity index (χ0) is 35.9. The van der Waals surface area contributed by atoms with Crippen LogP contribution in [0, 0.1) is 5.41 Å². The van der Waals surface area contributed by atoms with Crippen molar-refractivity contribution in [2.45, 2.75) is 105 Å². The third-order valence-electron chi connectivity index (χ3n) is 7.32. The summed E-state index contributed by atoms with van der Waals surface area (Å²) in [4.78, 5) is 17.6. The molecule has 0 aromatic heterocycles. The first-order valence-electron chi connectivity index (χ1n) is 16.7. The second-order valence-corrected chi connectivity index (χ2v) is 22.5. The van der Waals surface area contributed by atoms with E-state index in [0.29, 0.717) is 31.7 Å². The minimum atomic E-state index is -3.67. The molecule has 3 unspecified atom stereocenters. The van der Waals surface area contributed by atoms with Gasteiger partial charge in [0.2, 0.25) is 0 Å². The summed E-state index contributed by atoms with van der Waals surface area (Å²) in [5, 5.41) is 1.47. The van der Waals surface area contributed by atoms with Crippen LogP contribution in [0.4, 0.5) is 0 Å². The third-order valence-corrected chi connectivity index (χ3v) is 15.1. The van der Waals surface area contributed by atoms with Crippen LogP contribution in [0.25, 0.3) is 0 Å². The first kappa shape index (κ1) is 45.3. The molecule has 0 saturated carbocycles. The predicted octanol–water partition coefficient (Wildman–Crippen LogP) is 7.59. The summed E-state index contributed by atoms with van der Waals surface area (Å²) in [5.41, 5.74) is -2.15. The fourth-order valence-corrected chi connectivity index (χ4v) is 12.4. The molecule has 12 nitrogen and oxygen atoms in total. The molecule has 1 saturated heterocycles. The van der Waals surface area contributed by atoms with Gasteiger partial charge in [-0.3, -0.25) is 18.4 Å². The van der Waals surface area contributed by atoms with Crippen molar-refractivity contribution in [1.82, 2.24) is 14.9 Å². The van der Waals surface area contributed by atoms with Crippen molar-refractivity contribution < 1.29 is 41.6 Å². The molecule has 0 aromatic carbocycles. The molecular weight excluding hydrogens is 684 g/mol. The highest BCUT2D eigenvalue weighted by atomic mass is 32.7. The Hall–Kier alpha value is 0.310. The van der Waals surface area contributed by atoms with E-state index in [0.717, 1.165) is 68.3 Å². The molecule has 1 fully saturated rings. The Labute approximate surface area is 293 Å². The maximum Gasteiger partial charge on any atom is 0.406 e. The van der Waals surface area contributed by atoms with E-state index in [9.17, 15) is 13.9 Å². The fraction of sp³-hybridized carbons (Fsp3) is 0.968. The molecule has 47 heavy (non-hydrogen) atoms. The van der Waals surface area contributed by atoms with Gasteiger partial charge in [-0.2, -0.15) is 5.06 Å². The van der Waals surface area contributed by atoms with Crippen molar-refractivity contribution in [3.05, 3.63) is 0 Å². The Morgan fingerprint density at radius 2 is 1.51 bits per heavy atom. The van der Waals surface area contributed by atoms with Crippen LogP contribution in [0.15, 0.2) is 0 Å². The predicted molar refractivity (Wildman–Crippen MR) is 195 cm³/mol. The number of esters is 1. The molecule has 0 bridgehead atoms. The van der Waals surface area contributed by atoms with Gasteiger partial charge in [0.25, 0.3) is 0 Å². The Bertz CT molecular complexity index is 1010. The van der Waals surface area contributed by atoms with E-state index in [1.165, 1.54) is 5.06 Å². The van der Waals surface area contributed by atoms with Crippen LogP contribution in [0.3, 0.4) is 0 Å². The molecular formula is C31H65N3O9P2S2. The van der Waals surface area contributed by atoms with Gasteiger partial charge in [0, 0.05) is 58.4 Å². The molecule has 1 aliphatic rings. The standard InChI is InChI=1S/C31H65N3O9P2S2/c1-13-14-27(2)40-44(36,46-26-24-39-28(35)30(6,7)15-18-34-21-19-32(10)20-22-34)43-33(11)17-16-31(8,9)42-45(37,41-29(3,4)5)47-25-23-38-12/h27H,13-26H2,1-12H3. The number of hydroxylamine groups is 2. The normalized spacial score (nSPS) is 19.0. The summed E-state index contributed by atoms with van der Waals surface area (Å²) in [6.45, 7) is 15.5. The lowest BCUT2D eigenvalue weighted by Crippen LogP contribution is -2.45. The summed E-state index contributed by atoms with van der Waals surface area (Å²) in [5.74, 6) is 0.445. The van der Waals surface area contributed by atoms with Crippen molar-refractivity contribution in [2.24, 2.45) is 5.41 Å². The van der Waals surface area contributed by atoms with Gasteiger partial charge < -0.3 is 19.3 Å². The molecule has 3 atom stereocenters. The van der Waals surface area contributed by atoms with Crippen LogP contribution in [0.1, 0.15) is 88.0 Å². The molecule has 1 aliphatic heterocycles. The van der Waals surface area contributed by atoms with Crippen LogP contribution in [-0.2, 0) is 41.6 Å². The van der Waals surface area contributed by atoms with Crippen molar-refractivity contribution in [3.63, 3.8) is 0 Å². The Morgan fingerprint density at radius 3 is 2.09 bits per heavy atom. The second-order valence-electron chi connectivity index (χ2n) is 14.4. The van der Waals surface area contributed by atoms with E-state index in [2.05, 4.69) is 16.8 Å². The first-order chi connectivity index (χ1) is 21.6. The summed E-state index contributed by atoms with van der Waals surface area (Å²) >= 11 is 2.14. The number of nitrogens with zero attached hydrogens (tertiary/aromatic N) is 3. The molecule has 0 aliphatic carbocycles. The Kier molecular flexibility index (Phi) is 20.2. The smallest absolute Gasteiger partial charge is 0.406 e. The zero-order valence-electron chi connectivity index (χ0n) is 31.2. The van der Waals surface area contributed by atoms with E-state index >= 15 is 0 Å². The summed E-state index contributed by atoms with van der Waals surface area (Å²) in [6, 6.07) is 0. The van der Waals surface area contributed by atoms with Gasteiger partial charge in [-0.25, -0.2) is 13.8 Å². The number of ether oxygens (including phenoxy) is 2. The van der Waals surface area contributed by atoms with Gasteiger partial charge in [-0.05, 0) is 111 Å². The maximum atomic E-state index is 13.9. The molecule has 0 spiro atoms. The van der Waals surface area contributed by atoms with E-state index in [-0.39, 0.29) is 24.4 Å². The van der Waals surface area contributed by atoms with Gasteiger partial charge in [0.1, 0.15) is 6.61 Å². The van der Waals surface area contributed by atoms with Crippen molar-refractivity contribution in [3.8, 4) is 0 Å². The van der Waals surface area contributed by atoms with Crippen molar-refractivity contribution in [2.75, 3.05) is 85.2 Å². The van der Waals surface area contributed by atoms with E-state index < -0.39 is 30.2 Å². The molecule has 0 aromatic rings. The van der Waals surface area contributed by atoms with Gasteiger partial charge >= 0.3 is 19.6 Å². The molecule has 0 radical (unpaired) electrons. The van der Waals surface area contributed by atoms with Crippen LogP contribution in [-0.4, -0.2) is 123 Å². The SMILES string of the molecule is CCCC(C)OP(=O)(ON(C)CCC(C)(C)OP(=O)(OC(C)(C)C)SCCOC)SCCOC(=O)C(C)(C)CCN1CCN(C)CC1. The number of rotatable bonds is 24. The lowest BCUT2D eigenvalue weighted by molar-refractivity contribution is -0.153. The van der Waals surface area contributed by atoms with Crippen LogP contribution >= 0.6 is 36.4 Å². The van der Waals surface area contributed by atoms with Gasteiger partial charge in [0.05, 0.1) is 29.3 Å². The Balaban J connectivity index is 2.74. The lowest BCUT2D eigenvalue weighted by atomic mass is 9.89. The van der Waals surface area contributed by atoms with Crippen LogP contribution in [0.2, 0.25) is 0 Å². The van der Waals surface area contributed by atoms with Gasteiger partial charge in [0.15, 0.2) is 0 Å². The van der Waals surface area contributed by atoms with Gasteiger partial charge in [-0.1, -0.05) is 13.3 Å². The topological polar surface area (TPSA) is 116 Å². The second kappa shape index (κ2) is 21.0. The molecule has 0 amide bonds. The van der Waals surface area contributed by atoms with Crippen molar-refractivity contribution in [1.29, 1.82) is 0 Å². The number of carbonyl (C=O) groups excluding carboxylic acids is 1. The number of piperazine rings is 1. The molecule has 280 valence electrons. The largest absolute Gasteiger partial charge is 0.464 e. The molecule has 0 N–H and O–H groups in total. The lowest BCUT2D eigenvalue weighted by Gasteiger charge is -2.34. The fourth-order valence-electron chi connectivity index (χ4n) is 4.47. The summed E-state index contributed by atoms with van der Waals surface area (Å²) in [6.07, 6.45) is 2.41. The van der Waals surface area contributed by atoms with Crippen LogP contribution in [0.5, 0.6) is 0 Å². The highest BCUT2D eigenvalue weighted by Crippen LogP contribution is 2.65. The molecule has 1 heterocycles. The Morgan fingerprint density at radius 1 is 0.915 bits per heavy atom. The minimum absolute atomic E-state index is 0.0920. The maximum absolute atomic E-state index is 13.9. The quantitative estimate of drug-likeness (QED) is 0.0418. The number of likely N-dealkylation sites (N-methyl/N-ethyl adjacent to an activating group) is 1. The first-order valence-corrected chi connectivity index (χ1v) is 23.0. The number of hydrogen-bond donors (Lipinski definition) is 0. The zero-order valence-corrected chi connectivity index (χ0v) is 34.6. The highest BCUT2D eigenvalue weighted by Gasteiger charge is 2.39. The monoisotopic (exact) mass is 749 g/mol. The average Bonchev–Trinajstić information content (AvgIpc) is 2.92. The minimum Gasteiger partial charge on any atom is -0.464 e. The highest BCUT2D eigenvalue weighted by molar-refractivity contribution is 8.55. The van der Waals surface area contributed by atoms with E-state index in [1.54, 1.807) is 14.2 Å². The number of carbonyl (C=O) groups is 1. The van der Waals surface area contributed by atoms with Crippen LogP contribution < -0.4 is 0 Å². The average molecular weight is 750 g/mol. The molecule has 1 rings (SSSR count). The number of methoxy groups -OCH3 is 1.